The summed E-state index contributed by atoms with van der Waals surface area (Å²) in [7, 11) is 0. The molecule has 0 aliphatic carbocycles. The van der Waals surface area contributed by atoms with Gasteiger partial charge < -0.3 is 4.74 Å². The molecule has 1 amide bonds. The Balaban J connectivity index is 2.41. The fourth-order valence-corrected chi connectivity index (χ4v) is 1.50. The summed E-state index contributed by atoms with van der Waals surface area (Å²) >= 11 is 0. The van der Waals surface area contributed by atoms with Gasteiger partial charge in [-0.2, -0.15) is 4.98 Å². The molecule has 2 rings (SSSR count). The number of hydrogen-bond donors (Lipinski definition) is 2. The number of imidazole rings is 1. The van der Waals surface area contributed by atoms with Crippen molar-refractivity contribution in [3.05, 3.63) is 16.7 Å². The average molecular weight is 265 g/mol. The molecular weight excluding hydrogens is 250 g/mol. The summed E-state index contributed by atoms with van der Waals surface area (Å²) in [4.78, 5) is 33.3. The second kappa shape index (κ2) is 5.19. The van der Waals surface area contributed by atoms with E-state index in [-0.39, 0.29) is 30.2 Å². The van der Waals surface area contributed by atoms with Gasteiger partial charge in [0.05, 0.1) is 12.4 Å². The van der Waals surface area contributed by atoms with Gasteiger partial charge in [-0.15, -0.1) is 0 Å². The van der Waals surface area contributed by atoms with Gasteiger partial charge in [-0.1, -0.05) is 0 Å². The molecule has 0 fully saturated rings. The largest absolute Gasteiger partial charge is 0.358 e. The number of H-pyrrole nitrogens is 1. The Bertz CT molecular complexity index is 658. The molecule has 0 aliphatic heterocycles. The standard InChI is InChI=1S/C11H15N5O3/c1-6(2)19-5-16-4-12-8-9(16)14-11(13-7(3)17)15-10(8)18/h4,6H,5H2,1-3H3,(H2,13,14,15,17,18). The van der Waals surface area contributed by atoms with Gasteiger partial charge in [-0.05, 0) is 13.8 Å². The Morgan fingerprint density at radius 3 is 2.95 bits per heavy atom. The number of carbonyl (C=O) groups is 1. The van der Waals surface area contributed by atoms with Crippen LogP contribution in [0.25, 0.3) is 11.2 Å². The zero-order valence-electron chi connectivity index (χ0n) is 10.9. The lowest BCUT2D eigenvalue weighted by Gasteiger charge is -2.08. The third kappa shape index (κ3) is 2.97. The van der Waals surface area contributed by atoms with Crippen molar-refractivity contribution < 1.29 is 9.53 Å². The van der Waals surface area contributed by atoms with Crippen LogP contribution < -0.4 is 10.9 Å². The third-order valence-corrected chi connectivity index (χ3v) is 2.32. The summed E-state index contributed by atoms with van der Waals surface area (Å²) in [5.41, 5.74) is 0.173. The van der Waals surface area contributed by atoms with Crippen LogP contribution in [0.3, 0.4) is 0 Å². The van der Waals surface area contributed by atoms with Crippen molar-refractivity contribution >= 4 is 23.0 Å². The molecule has 0 atom stereocenters. The van der Waals surface area contributed by atoms with E-state index < -0.39 is 5.56 Å². The van der Waals surface area contributed by atoms with Crippen LogP contribution in [-0.4, -0.2) is 31.5 Å². The smallest absolute Gasteiger partial charge is 0.280 e. The number of ether oxygens (including phenoxy) is 1. The first-order valence-electron chi connectivity index (χ1n) is 5.81. The van der Waals surface area contributed by atoms with Gasteiger partial charge in [0, 0.05) is 6.92 Å². The van der Waals surface area contributed by atoms with E-state index in [1.165, 1.54) is 13.3 Å². The van der Waals surface area contributed by atoms with Gasteiger partial charge in [0.2, 0.25) is 11.9 Å². The molecule has 2 aromatic heterocycles. The Hall–Kier alpha value is -2.22. The molecule has 2 heterocycles. The number of nitrogens with zero attached hydrogens (tertiary/aromatic N) is 3. The fraction of sp³-hybridized carbons (Fsp3) is 0.455. The molecule has 8 nitrogen and oxygen atoms in total. The Kier molecular flexibility index (Phi) is 3.61. The van der Waals surface area contributed by atoms with Gasteiger partial charge >= 0.3 is 0 Å². The molecule has 8 heteroatoms. The first kappa shape index (κ1) is 13.2. The number of anilines is 1. The van der Waals surface area contributed by atoms with E-state index in [0.29, 0.717) is 5.65 Å². The number of hydrogen-bond acceptors (Lipinski definition) is 5. The van der Waals surface area contributed by atoms with Crippen LogP contribution in [0.4, 0.5) is 5.95 Å². The monoisotopic (exact) mass is 265 g/mol. The van der Waals surface area contributed by atoms with E-state index in [9.17, 15) is 9.59 Å². The first-order valence-corrected chi connectivity index (χ1v) is 5.81. The third-order valence-electron chi connectivity index (χ3n) is 2.32. The number of aromatic nitrogens is 4. The number of aromatic amines is 1. The molecule has 0 bridgehead atoms. The minimum atomic E-state index is -0.406. The Morgan fingerprint density at radius 1 is 1.58 bits per heavy atom. The number of rotatable bonds is 4. The minimum absolute atomic E-state index is 0.0502. The van der Waals surface area contributed by atoms with Crippen LogP contribution in [0.2, 0.25) is 0 Å². The lowest BCUT2D eigenvalue weighted by Crippen LogP contribution is -2.17. The number of amides is 1. The van der Waals surface area contributed by atoms with Crippen molar-refractivity contribution in [1.29, 1.82) is 0 Å². The fourth-order valence-electron chi connectivity index (χ4n) is 1.50. The number of nitrogens with one attached hydrogen (secondary N) is 2. The van der Waals surface area contributed by atoms with Gasteiger partial charge in [0.25, 0.3) is 5.56 Å². The molecule has 19 heavy (non-hydrogen) atoms. The molecule has 102 valence electrons. The molecule has 0 aliphatic rings. The lowest BCUT2D eigenvalue weighted by molar-refractivity contribution is -0.114. The topological polar surface area (TPSA) is 102 Å². The van der Waals surface area contributed by atoms with Gasteiger partial charge in [0.15, 0.2) is 11.2 Å². The van der Waals surface area contributed by atoms with E-state index >= 15 is 0 Å². The van der Waals surface area contributed by atoms with E-state index in [1.54, 1.807) is 4.57 Å². The van der Waals surface area contributed by atoms with Gasteiger partial charge in [0.1, 0.15) is 6.73 Å². The van der Waals surface area contributed by atoms with Crippen molar-refractivity contribution in [1.82, 2.24) is 19.5 Å². The molecule has 0 aromatic carbocycles. The summed E-state index contributed by atoms with van der Waals surface area (Å²) < 4.78 is 7.05. The average Bonchev–Trinajstić information content (AvgIpc) is 2.69. The van der Waals surface area contributed by atoms with E-state index in [0.717, 1.165) is 0 Å². The van der Waals surface area contributed by atoms with Crippen LogP contribution in [-0.2, 0) is 16.3 Å². The van der Waals surface area contributed by atoms with Crippen LogP contribution in [0.15, 0.2) is 11.1 Å². The second-order valence-corrected chi connectivity index (χ2v) is 4.33. The van der Waals surface area contributed by atoms with Gasteiger partial charge in [-0.25, -0.2) is 4.98 Å². The second-order valence-electron chi connectivity index (χ2n) is 4.33. The zero-order valence-corrected chi connectivity index (χ0v) is 10.9. The molecule has 0 unspecified atom stereocenters. The maximum atomic E-state index is 11.8. The molecule has 2 N–H and O–H groups in total. The summed E-state index contributed by atoms with van der Waals surface area (Å²) in [6.45, 7) is 5.39. The Morgan fingerprint density at radius 2 is 2.32 bits per heavy atom. The zero-order chi connectivity index (χ0) is 14.0. The predicted molar refractivity (Wildman–Crippen MR) is 68.7 cm³/mol. The molecule has 0 radical (unpaired) electrons. The predicted octanol–water partition coefficient (Wildman–Crippen LogP) is 0.460. The minimum Gasteiger partial charge on any atom is -0.358 e. The molecular formula is C11H15N5O3. The lowest BCUT2D eigenvalue weighted by atomic mass is 10.5. The van der Waals surface area contributed by atoms with Crippen molar-refractivity contribution in [2.24, 2.45) is 0 Å². The van der Waals surface area contributed by atoms with Crippen molar-refractivity contribution in [3.63, 3.8) is 0 Å². The highest BCUT2D eigenvalue weighted by atomic mass is 16.5. The molecule has 0 spiro atoms. The molecule has 0 saturated heterocycles. The Labute approximate surface area is 108 Å². The summed E-state index contributed by atoms with van der Waals surface area (Å²) in [5, 5.41) is 2.43. The SMILES string of the molecule is CC(=O)Nc1nc2c(ncn2COC(C)C)c(=O)[nH]1. The van der Waals surface area contributed by atoms with Crippen molar-refractivity contribution in [2.45, 2.75) is 33.6 Å². The molecule has 2 aromatic rings. The normalized spacial score (nSPS) is 11.2. The van der Waals surface area contributed by atoms with E-state index in [2.05, 4.69) is 20.3 Å². The van der Waals surface area contributed by atoms with Crippen molar-refractivity contribution in [2.75, 3.05) is 5.32 Å². The highest BCUT2D eigenvalue weighted by molar-refractivity contribution is 5.87. The maximum absolute atomic E-state index is 11.8. The summed E-state index contributed by atoms with van der Waals surface area (Å²) in [6.07, 6.45) is 1.53. The molecule has 0 saturated carbocycles. The van der Waals surface area contributed by atoms with Crippen LogP contribution >= 0.6 is 0 Å². The first-order chi connectivity index (χ1) is 8.97. The van der Waals surface area contributed by atoms with Crippen molar-refractivity contribution in [3.8, 4) is 0 Å². The summed E-state index contributed by atoms with van der Waals surface area (Å²) in [5.74, 6) is -0.219. The van der Waals surface area contributed by atoms with Gasteiger partial charge in [-0.3, -0.25) is 24.5 Å². The van der Waals surface area contributed by atoms with Crippen LogP contribution in [0, 0.1) is 0 Å². The van der Waals surface area contributed by atoms with E-state index in [1.807, 2.05) is 13.8 Å². The quantitative estimate of drug-likeness (QED) is 0.836. The van der Waals surface area contributed by atoms with Crippen LogP contribution in [0.1, 0.15) is 20.8 Å². The number of carbonyl (C=O) groups excluding carboxylic acids is 1. The highest BCUT2D eigenvalue weighted by Crippen LogP contribution is 2.08. The highest BCUT2D eigenvalue weighted by Gasteiger charge is 2.11. The van der Waals surface area contributed by atoms with Crippen LogP contribution in [0.5, 0.6) is 0 Å². The maximum Gasteiger partial charge on any atom is 0.280 e. The number of fused-ring (bicyclic) bond motifs is 1. The summed E-state index contributed by atoms with van der Waals surface area (Å²) in [6, 6.07) is 0. The van der Waals surface area contributed by atoms with E-state index in [4.69, 9.17) is 4.74 Å².